The maximum absolute atomic E-state index is 14.8. The van der Waals surface area contributed by atoms with Crippen LogP contribution < -0.4 is 14.8 Å². The molecule has 1 fully saturated rings. The molecule has 0 unspecified atom stereocenters. The zero-order chi connectivity index (χ0) is 22.8. The summed E-state index contributed by atoms with van der Waals surface area (Å²) in [7, 11) is -4.14. The number of hydrogen-bond donors (Lipinski definition) is 4. The predicted molar refractivity (Wildman–Crippen MR) is 117 cm³/mol. The van der Waals surface area contributed by atoms with Crippen molar-refractivity contribution in [3.05, 3.63) is 51.4 Å². The molecule has 0 aliphatic heterocycles. The summed E-state index contributed by atoms with van der Waals surface area (Å²) in [6.07, 6.45) is -0.978. The molecule has 0 spiro atoms. The smallest absolute Gasteiger partial charge is 0.238 e. The minimum atomic E-state index is -4.14. The van der Waals surface area contributed by atoms with Gasteiger partial charge in [-0.05, 0) is 72.2 Å². The Hall–Kier alpha value is -1.77. The van der Waals surface area contributed by atoms with E-state index in [-0.39, 0.29) is 24.9 Å². The van der Waals surface area contributed by atoms with Crippen LogP contribution in [0.15, 0.2) is 30.3 Å². The van der Waals surface area contributed by atoms with Crippen molar-refractivity contribution in [1.82, 2.24) is 0 Å². The Morgan fingerprint density at radius 2 is 1.81 bits per heavy atom. The zero-order valence-corrected chi connectivity index (χ0v) is 19.0. The number of nitrogens with one attached hydrogen (secondary N) is 2. The molecule has 0 amide bonds. The van der Waals surface area contributed by atoms with E-state index in [2.05, 4.69) is 10.0 Å². The lowest BCUT2D eigenvalue weighted by atomic mass is 10.2. The Labute approximate surface area is 190 Å². The van der Waals surface area contributed by atoms with Crippen LogP contribution in [0.2, 0.25) is 0 Å². The third-order valence-corrected chi connectivity index (χ3v) is 7.77. The van der Waals surface area contributed by atoms with Crippen LogP contribution in [0.25, 0.3) is 0 Å². The van der Waals surface area contributed by atoms with Crippen LogP contribution in [-0.2, 0) is 10.0 Å². The quantitative estimate of drug-likeness (QED) is 0.258. The average Bonchev–Trinajstić information content (AvgIpc) is 3.49. The summed E-state index contributed by atoms with van der Waals surface area (Å²) in [6, 6.07) is 6.09. The number of anilines is 2. The second kappa shape index (κ2) is 9.38. The highest BCUT2D eigenvalue weighted by molar-refractivity contribution is 14.1. The van der Waals surface area contributed by atoms with Gasteiger partial charge >= 0.3 is 0 Å². The van der Waals surface area contributed by atoms with Crippen molar-refractivity contribution in [2.45, 2.75) is 30.1 Å². The highest BCUT2D eigenvalue weighted by atomic mass is 127. The fraction of sp³-hybridized carbons (Fsp3) is 0.368. The molecule has 12 heteroatoms. The van der Waals surface area contributed by atoms with Crippen LogP contribution in [0, 0.1) is 21.0 Å². The molecule has 0 heterocycles. The van der Waals surface area contributed by atoms with Gasteiger partial charge in [-0.15, -0.1) is 0 Å². The van der Waals surface area contributed by atoms with E-state index >= 15 is 0 Å². The third kappa shape index (κ3) is 5.35. The summed E-state index contributed by atoms with van der Waals surface area (Å²) in [5.74, 6) is -3.74. The van der Waals surface area contributed by atoms with Gasteiger partial charge in [0.05, 0.1) is 28.8 Å². The maximum atomic E-state index is 14.8. The second-order valence-corrected chi connectivity index (χ2v) is 10.5. The van der Waals surface area contributed by atoms with E-state index in [1.54, 1.807) is 6.07 Å². The Balaban J connectivity index is 1.73. The third-order valence-electron chi connectivity index (χ3n) is 4.90. The van der Waals surface area contributed by atoms with Gasteiger partial charge in [0, 0.05) is 3.57 Å². The van der Waals surface area contributed by atoms with Gasteiger partial charge in [-0.2, -0.15) is 0 Å². The fourth-order valence-electron chi connectivity index (χ4n) is 3.03. The highest BCUT2D eigenvalue weighted by Gasteiger charge is 2.55. The van der Waals surface area contributed by atoms with Gasteiger partial charge in [0.25, 0.3) is 0 Å². The molecule has 2 aromatic carbocycles. The lowest BCUT2D eigenvalue weighted by Gasteiger charge is -2.20. The monoisotopic (exact) mass is 572 g/mol. The van der Waals surface area contributed by atoms with Gasteiger partial charge in [-0.3, -0.25) is 4.72 Å². The van der Waals surface area contributed by atoms with E-state index in [9.17, 15) is 26.7 Å². The number of aliphatic hydroxyl groups is 2. The van der Waals surface area contributed by atoms with Crippen molar-refractivity contribution in [3.63, 3.8) is 0 Å². The summed E-state index contributed by atoms with van der Waals surface area (Å²) in [5, 5.41) is 21.1. The first kappa shape index (κ1) is 23.9. The van der Waals surface area contributed by atoms with Crippen molar-refractivity contribution in [2.75, 3.05) is 23.4 Å². The largest absolute Gasteiger partial charge is 0.467 e. The second-order valence-electron chi connectivity index (χ2n) is 7.16. The molecule has 1 aliphatic rings. The first-order chi connectivity index (χ1) is 14.6. The van der Waals surface area contributed by atoms with E-state index in [1.807, 2.05) is 22.6 Å². The van der Waals surface area contributed by atoms with Crippen LogP contribution in [-0.4, -0.2) is 42.8 Å². The molecule has 0 bridgehead atoms. The lowest BCUT2D eigenvalue weighted by molar-refractivity contribution is 0.0858. The summed E-state index contributed by atoms with van der Waals surface area (Å²) in [4.78, 5) is 0. The van der Waals surface area contributed by atoms with Crippen LogP contribution in [0.1, 0.15) is 19.3 Å². The van der Waals surface area contributed by atoms with E-state index in [1.165, 1.54) is 12.1 Å². The fourth-order valence-corrected chi connectivity index (χ4v) is 5.20. The molecule has 0 radical (unpaired) electrons. The molecule has 4 N–H and O–H groups in total. The normalized spacial score (nSPS) is 15.9. The van der Waals surface area contributed by atoms with E-state index in [0.29, 0.717) is 3.57 Å². The number of ether oxygens (including phenoxy) is 1. The molecule has 170 valence electrons. The van der Waals surface area contributed by atoms with Crippen LogP contribution in [0.5, 0.6) is 5.75 Å². The van der Waals surface area contributed by atoms with Crippen LogP contribution in [0.3, 0.4) is 0 Å². The predicted octanol–water partition coefficient (Wildman–Crippen LogP) is 3.17. The standard InChI is InChI=1S/C19H20F3IN2O5S/c20-13-2-4-16(25-31(28,29)19(5-6-19)8-12(27)9-26)17(22)18(13)30-10-24-15-3-1-11(23)7-14(15)21/h1-4,7,12,24-27H,5-6,8-10H2/t12-/m1/s1. The first-order valence-corrected chi connectivity index (χ1v) is 11.8. The topological polar surface area (TPSA) is 108 Å². The molecule has 2 aromatic rings. The van der Waals surface area contributed by atoms with Crippen molar-refractivity contribution in [1.29, 1.82) is 0 Å². The van der Waals surface area contributed by atoms with E-state index < -0.39 is 63.1 Å². The van der Waals surface area contributed by atoms with Crippen molar-refractivity contribution in [3.8, 4) is 5.75 Å². The number of aliphatic hydroxyl groups excluding tert-OH is 2. The summed E-state index contributed by atoms with van der Waals surface area (Å²) >= 11 is 1.93. The van der Waals surface area contributed by atoms with Crippen LogP contribution >= 0.6 is 22.6 Å². The summed E-state index contributed by atoms with van der Waals surface area (Å²) in [5.41, 5.74) is -0.460. The molecule has 1 aliphatic carbocycles. The zero-order valence-electron chi connectivity index (χ0n) is 16.0. The van der Waals surface area contributed by atoms with Crippen molar-refractivity contribution >= 4 is 44.0 Å². The molecule has 0 aromatic heterocycles. The van der Waals surface area contributed by atoms with Gasteiger partial charge in [0.1, 0.15) is 5.82 Å². The Morgan fingerprint density at radius 1 is 1.13 bits per heavy atom. The van der Waals surface area contributed by atoms with Crippen LogP contribution in [0.4, 0.5) is 24.5 Å². The number of rotatable bonds is 10. The molecule has 1 saturated carbocycles. The van der Waals surface area contributed by atoms with Gasteiger partial charge in [0.15, 0.2) is 24.1 Å². The minimum absolute atomic E-state index is 0.0659. The maximum Gasteiger partial charge on any atom is 0.238 e. The number of halogens is 4. The summed E-state index contributed by atoms with van der Waals surface area (Å²) < 4.78 is 74.5. The highest BCUT2D eigenvalue weighted by Crippen LogP contribution is 2.48. The number of sulfonamides is 1. The van der Waals surface area contributed by atoms with Crippen molar-refractivity contribution < 1.29 is 36.5 Å². The van der Waals surface area contributed by atoms with E-state index in [0.717, 1.165) is 12.1 Å². The van der Waals surface area contributed by atoms with Gasteiger partial charge < -0.3 is 20.3 Å². The molecule has 7 nitrogen and oxygen atoms in total. The SMILES string of the molecule is O=S(=O)(Nc1ccc(F)c(OCNc2ccc(I)cc2F)c1F)C1(C[C@@H](O)CO)CC1. The Morgan fingerprint density at radius 3 is 2.42 bits per heavy atom. The number of benzene rings is 2. The first-order valence-electron chi connectivity index (χ1n) is 9.19. The lowest BCUT2D eigenvalue weighted by Crippen LogP contribution is -2.34. The van der Waals surface area contributed by atoms with E-state index in [4.69, 9.17) is 9.84 Å². The Bertz CT molecular complexity index is 1070. The average molecular weight is 572 g/mol. The molecular weight excluding hydrogens is 552 g/mol. The van der Waals surface area contributed by atoms with Gasteiger partial charge in [-0.25, -0.2) is 21.6 Å². The Kier molecular flexibility index (Phi) is 7.23. The van der Waals surface area contributed by atoms with Gasteiger partial charge in [0.2, 0.25) is 10.0 Å². The number of hydrogen-bond acceptors (Lipinski definition) is 6. The molecule has 1 atom stereocenters. The molecule has 31 heavy (non-hydrogen) atoms. The molecule has 0 saturated heterocycles. The minimum Gasteiger partial charge on any atom is -0.467 e. The van der Waals surface area contributed by atoms with Gasteiger partial charge in [-0.1, -0.05) is 0 Å². The molecule has 3 rings (SSSR count). The molecular formula is C19H20F3IN2O5S. The summed E-state index contributed by atoms with van der Waals surface area (Å²) in [6.45, 7) is -1.08. The van der Waals surface area contributed by atoms with Crippen molar-refractivity contribution in [2.24, 2.45) is 0 Å².